The molecule has 20 heavy (non-hydrogen) atoms. The highest BCUT2D eigenvalue weighted by molar-refractivity contribution is 5.48. The maximum atomic E-state index is 10.5. The zero-order valence-corrected chi connectivity index (χ0v) is 11.7. The summed E-state index contributed by atoms with van der Waals surface area (Å²) in [4.78, 5) is 14.5. The monoisotopic (exact) mass is 273 g/mol. The first-order valence-electron chi connectivity index (χ1n) is 7.22. The summed E-state index contributed by atoms with van der Waals surface area (Å²) in [6, 6.07) is 5.87. The molecule has 0 N–H and O–H groups in total. The number of benzene rings is 1. The van der Waals surface area contributed by atoms with Crippen LogP contribution in [-0.2, 0) is 10.3 Å². The fraction of sp³-hybridized carbons (Fsp3) is 0.562. The predicted molar refractivity (Wildman–Crippen MR) is 74.9 cm³/mol. The molecule has 106 valence electrons. The van der Waals surface area contributed by atoms with E-state index in [0.717, 1.165) is 42.7 Å². The summed E-state index contributed by atoms with van der Waals surface area (Å²) in [5, 5.41) is 0. The molecule has 4 nitrogen and oxygen atoms in total. The van der Waals surface area contributed by atoms with Crippen LogP contribution in [0.2, 0.25) is 0 Å². The standard InChI is InChI=1S/C16H19NO3/c1-19-15-10-12(16(8-9-16)17-11-18)6-7-14(15)20-13-4-2-3-5-13/h6-7,10,13H,2-5,8-9H2,1H3. The molecular formula is C16H19NO3. The largest absolute Gasteiger partial charge is 0.493 e. The number of hydrogen-bond donors (Lipinski definition) is 0. The van der Waals surface area contributed by atoms with Crippen LogP contribution in [0.25, 0.3) is 0 Å². The molecule has 0 amide bonds. The number of hydrogen-bond acceptors (Lipinski definition) is 4. The normalized spacial score (nSPS) is 20.2. The van der Waals surface area contributed by atoms with Gasteiger partial charge in [0.25, 0.3) is 0 Å². The molecule has 0 saturated heterocycles. The highest BCUT2D eigenvalue weighted by Gasteiger charge is 2.45. The summed E-state index contributed by atoms with van der Waals surface area (Å²) in [5.41, 5.74) is 0.650. The Kier molecular flexibility index (Phi) is 3.49. The quantitative estimate of drug-likeness (QED) is 0.610. The molecular weight excluding hydrogens is 254 g/mol. The van der Waals surface area contributed by atoms with Gasteiger partial charge in [-0.3, -0.25) is 0 Å². The predicted octanol–water partition coefficient (Wildman–Crippen LogP) is 3.34. The van der Waals surface area contributed by atoms with E-state index in [0.29, 0.717) is 6.10 Å². The second-order valence-corrected chi connectivity index (χ2v) is 5.62. The molecule has 0 unspecified atom stereocenters. The minimum absolute atomic E-state index is 0.303. The van der Waals surface area contributed by atoms with Crippen molar-refractivity contribution in [1.29, 1.82) is 0 Å². The van der Waals surface area contributed by atoms with Crippen molar-refractivity contribution in [2.24, 2.45) is 4.99 Å². The van der Waals surface area contributed by atoms with E-state index in [2.05, 4.69) is 4.99 Å². The highest BCUT2D eigenvalue weighted by atomic mass is 16.5. The van der Waals surface area contributed by atoms with Crippen molar-refractivity contribution in [3.63, 3.8) is 0 Å². The van der Waals surface area contributed by atoms with Crippen molar-refractivity contribution in [3.05, 3.63) is 23.8 Å². The van der Waals surface area contributed by atoms with E-state index in [1.807, 2.05) is 18.2 Å². The third-order valence-electron chi connectivity index (χ3n) is 4.28. The first kappa shape index (κ1) is 13.2. The molecule has 0 heterocycles. The van der Waals surface area contributed by atoms with Crippen molar-refractivity contribution in [3.8, 4) is 11.5 Å². The number of isocyanates is 1. The van der Waals surface area contributed by atoms with Crippen molar-refractivity contribution in [2.45, 2.75) is 50.2 Å². The first-order valence-corrected chi connectivity index (χ1v) is 7.22. The molecule has 2 fully saturated rings. The average molecular weight is 273 g/mol. The van der Waals surface area contributed by atoms with E-state index in [1.165, 1.54) is 12.8 Å². The summed E-state index contributed by atoms with van der Waals surface area (Å²) in [6.07, 6.45) is 8.49. The van der Waals surface area contributed by atoms with Crippen LogP contribution >= 0.6 is 0 Å². The summed E-state index contributed by atoms with van der Waals surface area (Å²) < 4.78 is 11.4. The molecule has 0 bridgehead atoms. The molecule has 4 heteroatoms. The molecule has 2 aliphatic carbocycles. The molecule has 0 atom stereocenters. The van der Waals surface area contributed by atoms with Gasteiger partial charge in [-0.1, -0.05) is 6.07 Å². The molecule has 0 aliphatic heterocycles. The lowest BCUT2D eigenvalue weighted by Crippen LogP contribution is -2.12. The van der Waals surface area contributed by atoms with Gasteiger partial charge in [-0.2, -0.15) is 4.99 Å². The van der Waals surface area contributed by atoms with Gasteiger partial charge in [0.05, 0.1) is 18.8 Å². The van der Waals surface area contributed by atoms with Crippen LogP contribution in [0, 0.1) is 0 Å². The Morgan fingerprint density at radius 1 is 1.25 bits per heavy atom. The third kappa shape index (κ3) is 2.44. The number of aliphatic imine (C=N–C) groups is 1. The fourth-order valence-electron chi connectivity index (χ4n) is 2.91. The van der Waals surface area contributed by atoms with E-state index < -0.39 is 0 Å². The van der Waals surface area contributed by atoms with E-state index >= 15 is 0 Å². The SMILES string of the molecule is COc1cc(C2(N=C=O)CC2)ccc1OC1CCCC1. The van der Waals surface area contributed by atoms with Crippen LogP contribution in [-0.4, -0.2) is 19.3 Å². The first-order chi connectivity index (χ1) is 9.77. The van der Waals surface area contributed by atoms with Gasteiger partial charge in [0, 0.05) is 0 Å². The Morgan fingerprint density at radius 3 is 2.60 bits per heavy atom. The lowest BCUT2D eigenvalue weighted by atomic mass is 10.0. The van der Waals surface area contributed by atoms with Crippen LogP contribution in [0.3, 0.4) is 0 Å². The minimum atomic E-state index is -0.360. The van der Waals surface area contributed by atoms with Gasteiger partial charge in [-0.15, -0.1) is 0 Å². The summed E-state index contributed by atoms with van der Waals surface area (Å²) in [5.74, 6) is 1.51. The summed E-state index contributed by atoms with van der Waals surface area (Å²) in [7, 11) is 1.64. The summed E-state index contributed by atoms with van der Waals surface area (Å²) >= 11 is 0. The highest BCUT2D eigenvalue weighted by Crippen LogP contribution is 2.50. The van der Waals surface area contributed by atoms with Crippen LogP contribution in [0.15, 0.2) is 23.2 Å². The van der Waals surface area contributed by atoms with Crippen molar-refractivity contribution < 1.29 is 14.3 Å². The lowest BCUT2D eigenvalue weighted by molar-refractivity contribution is 0.200. The van der Waals surface area contributed by atoms with Gasteiger partial charge >= 0.3 is 0 Å². The fourth-order valence-corrected chi connectivity index (χ4v) is 2.91. The molecule has 0 spiro atoms. The Morgan fingerprint density at radius 2 is 2.00 bits per heavy atom. The van der Waals surface area contributed by atoms with Crippen LogP contribution < -0.4 is 9.47 Å². The minimum Gasteiger partial charge on any atom is -0.493 e. The summed E-state index contributed by atoms with van der Waals surface area (Å²) in [6.45, 7) is 0. The molecule has 3 rings (SSSR count). The van der Waals surface area contributed by atoms with Gasteiger partial charge < -0.3 is 9.47 Å². The van der Waals surface area contributed by atoms with Gasteiger partial charge in [-0.25, -0.2) is 4.79 Å². The van der Waals surface area contributed by atoms with Crippen molar-refractivity contribution >= 4 is 6.08 Å². The Hall–Kier alpha value is -1.80. The maximum Gasteiger partial charge on any atom is 0.235 e. The zero-order valence-electron chi connectivity index (χ0n) is 11.7. The average Bonchev–Trinajstić information content (AvgIpc) is 3.07. The van der Waals surface area contributed by atoms with Crippen LogP contribution in [0.1, 0.15) is 44.1 Å². The molecule has 2 saturated carbocycles. The Bertz CT molecular complexity index is 539. The molecule has 1 aromatic carbocycles. The number of methoxy groups -OCH3 is 1. The number of rotatable bonds is 5. The molecule has 2 aliphatic rings. The van der Waals surface area contributed by atoms with E-state index in [9.17, 15) is 4.79 Å². The number of carbonyl (C=O) groups excluding carboxylic acids is 1. The third-order valence-corrected chi connectivity index (χ3v) is 4.28. The van der Waals surface area contributed by atoms with Crippen molar-refractivity contribution in [2.75, 3.05) is 7.11 Å². The van der Waals surface area contributed by atoms with E-state index in [1.54, 1.807) is 13.2 Å². The zero-order chi connectivity index (χ0) is 14.0. The maximum absolute atomic E-state index is 10.5. The second-order valence-electron chi connectivity index (χ2n) is 5.62. The Labute approximate surface area is 118 Å². The van der Waals surface area contributed by atoms with Gasteiger partial charge in [-0.05, 0) is 56.2 Å². The number of nitrogens with zero attached hydrogens (tertiary/aromatic N) is 1. The topological polar surface area (TPSA) is 47.9 Å². The van der Waals surface area contributed by atoms with Gasteiger partial charge in [0.15, 0.2) is 11.5 Å². The second kappa shape index (κ2) is 5.29. The van der Waals surface area contributed by atoms with E-state index in [-0.39, 0.29) is 5.54 Å². The van der Waals surface area contributed by atoms with Gasteiger partial charge in [0.1, 0.15) is 0 Å². The molecule has 0 radical (unpaired) electrons. The molecule has 0 aromatic heterocycles. The van der Waals surface area contributed by atoms with Gasteiger partial charge in [0.2, 0.25) is 6.08 Å². The van der Waals surface area contributed by atoms with Crippen LogP contribution in [0.5, 0.6) is 11.5 Å². The lowest BCUT2D eigenvalue weighted by Gasteiger charge is -2.17. The smallest absolute Gasteiger partial charge is 0.235 e. The number of ether oxygens (including phenoxy) is 2. The van der Waals surface area contributed by atoms with Crippen LogP contribution in [0.4, 0.5) is 0 Å². The molecule has 1 aromatic rings. The van der Waals surface area contributed by atoms with E-state index in [4.69, 9.17) is 9.47 Å². The van der Waals surface area contributed by atoms with Crippen molar-refractivity contribution in [1.82, 2.24) is 0 Å². The Balaban J connectivity index is 1.84.